The normalized spacial score (nSPS) is 10.9. The summed E-state index contributed by atoms with van der Waals surface area (Å²) in [5.74, 6) is -0.0461. The van der Waals surface area contributed by atoms with Crippen molar-refractivity contribution in [1.29, 1.82) is 0 Å². The third kappa shape index (κ3) is 5.10. The van der Waals surface area contributed by atoms with E-state index >= 15 is 0 Å². The van der Waals surface area contributed by atoms with Gasteiger partial charge in [-0.25, -0.2) is 4.68 Å². The number of aryl methyl sites for hydroxylation is 1. The highest BCUT2D eigenvalue weighted by Gasteiger charge is 2.13. The number of rotatable bonds is 7. The SMILES string of the molecule is CC(C)c1nnc(NC(=O)c2ccc(NC(=O)CSc3nnnn3C)cc2)s1. The molecule has 12 heteroatoms. The molecular formula is C16H18N8O2S2. The van der Waals surface area contributed by atoms with Crippen molar-refractivity contribution in [1.82, 2.24) is 30.4 Å². The van der Waals surface area contributed by atoms with E-state index in [2.05, 4.69) is 36.4 Å². The molecule has 3 aromatic rings. The lowest BCUT2D eigenvalue weighted by molar-refractivity contribution is -0.113. The molecule has 0 aliphatic carbocycles. The minimum atomic E-state index is -0.283. The zero-order valence-corrected chi connectivity index (χ0v) is 17.0. The molecule has 0 bridgehead atoms. The lowest BCUT2D eigenvalue weighted by Gasteiger charge is -2.06. The molecule has 0 aliphatic rings. The van der Waals surface area contributed by atoms with E-state index in [9.17, 15) is 9.59 Å². The summed E-state index contributed by atoms with van der Waals surface area (Å²) < 4.78 is 1.49. The molecule has 0 spiro atoms. The largest absolute Gasteiger partial charge is 0.325 e. The Bertz CT molecular complexity index is 967. The van der Waals surface area contributed by atoms with Gasteiger partial charge in [0.05, 0.1) is 5.75 Å². The molecule has 10 nitrogen and oxygen atoms in total. The minimum absolute atomic E-state index is 0.172. The molecule has 1 aromatic carbocycles. The van der Waals surface area contributed by atoms with Gasteiger partial charge in [0, 0.05) is 24.2 Å². The van der Waals surface area contributed by atoms with Crippen LogP contribution in [0.3, 0.4) is 0 Å². The first-order chi connectivity index (χ1) is 13.4. The number of anilines is 2. The number of benzene rings is 1. The number of nitrogens with one attached hydrogen (secondary N) is 2. The lowest BCUT2D eigenvalue weighted by atomic mass is 10.2. The quantitative estimate of drug-likeness (QED) is 0.559. The number of aromatic nitrogens is 6. The van der Waals surface area contributed by atoms with Crippen LogP contribution in [0, 0.1) is 0 Å². The van der Waals surface area contributed by atoms with Crippen LogP contribution in [-0.2, 0) is 11.8 Å². The Balaban J connectivity index is 1.52. The highest BCUT2D eigenvalue weighted by Crippen LogP contribution is 2.23. The van der Waals surface area contributed by atoms with Crippen molar-refractivity contribution in [2.24, 2.45) is 7.05 Å². The van der Waals surface area contributed by atoms with Crippen LogP contribution in [-0.4, -0.2) is 48.0 Å². The number of carbonyl (C=O) groups excluding carboxylic acids is 2. The van der Waals surface area contributed by atoms with Gasteiger partial charge in [0.25, 0.3) is 5.91 Å². The van der Waals surface area contributed by atoms with Crippen molar-refractivity contribution in [2.45, 2.75) is 24.9 Å². The van der Waals surface area contributed by atoms with E-state index in [1.54, 1.807) is 31.3 Å². The van der Waals surface area contributed by atoms with E-state index < -0.39 is 0 Å². The molecule has 2 heterocycles. The Kier molecular flexibility index (Phi) is 6.31. The number of hydrogen-bond donors (Lipinski definition) is 2. The highest BCUT2D eigenvalue weighted by atomic mass is 32.2. The molecule has 146 valence electrons. The van der Waals surface area contributed by atoms with Gasteiger partial charge in [-0.05, 0) is 34.7 Å². The van der Waals surface area contributed by atoms with Crippen molar-refractivity contribution < 1.29 is 9.59 Å². The first-order valence-electron chi connectivity index (χ1n) is 8.32. The Morgan fingerprint density at radius 3 is 2.50 bits per heavy atom. The van der Waals surface area contributed by atoms with Crippen molar-refractivity contribution in [2.75, 3.05) is 16.4 Å². The van der Waals surface area contributed by atoms with Gasteiger partial charge in [0.15, 0.2) is 0 Å². The number of hydrogen-bond acceptors (Lipinski definition) is 9. The summed E-state index contributed by atoms with van der Waals surface area (Å²) in [5, 5.41) is 26.4. The molecule has 0 unspecified atom stereocenters. The fourth-order valence-corrected chi connectivity index (χ4v) is 3.45. The highest BCUT2D eigenvalue weighted by molar-refractivity contribution is 7.99. The van der Waals surface area contributed by atoms with E-state index in [1.165, 1.54) is 27.8 Å². The number of tetrazole rings is 1. The van der Waals surface area contributed by atoms with Gasteiger partial charge < -0.3 is 5.32 Å². The molecule has 0 radical (unpaired) electrons. The fraction of sp³-hybridized carbons (Fsp3) is 0.312. The Morgan fingerprint density at radius 2 is 1.89 bits per heavy atom. The van der Waals surface area contributed by atoms with Crippen molar-refractivity contribution in [3.05, 3.63) is 34.8 Å². The monoisotopic (exact) mass is 418 g/mol. The molecule has 0 saturated heterocycles. The second-order valence-corrected chi connectivity index (χ2v) is 8.01. The molecule has 2 amide bonds. The number of carbonyl (C=O) groups is 2. The standard InChI is InChI=1S/C16H18N8O2S2/c1-9(2)14-19-20-15(28-14)18-13(26)10-4-6-11(7-5-10)17-12(25)8-27-16-21-22-23-24(16)3/h4-7,9H,8H2,1-3H3,(H,17,25)(H,18,20,26). The molecule has 0 aliphatic heterocycles. The molecule has 2 aromatic heterocycles. The molecular weight excluding hydrogens is 400 g/mol. The lowest BCUT2D eigenvalue weighted by Crippen LogP contribution is -2.15. The summed E-state index contributed by atoms with van der Waals surface area (Å²) in [6.45, 7) is 4.03. The molecule has 0 fully saturated rings. The van der Waals surface area contributed by atoms with Crippen LogP contribution in [0.25, 0.3) is 0 Å². The van der Waals surface area contributed by atoms with Gasteiger partial charge in [0.2, 0.25) is 16.2 Å². The van der Waals surface area contributed by atoms with Crippen LogP contribution in [0.4, 0.5) is 10.8 Å². The van der Waals surface area contributed by atoms with Crippen LogP contribution in [0.5, 0.6) is 0 Å². The molecule has 28 heavy (non-hydrogen) atoms. The smallest absolute Gasteiger partial charge is 0.257 e. The topological polar surface area (TPSA) is 128 Å². The van der Waals surface area contributed by atoms with Gasteiger partial charge in [-0.2, -0.15) is 0 Å². The van der Waals surface area contributed by atoms with Crippen LogP contribution >= 0.6 is 23.1 Å². The summed E-state index contributed by atoms with van der Waals surface area (Å²) in [6.07, 6.45) is 0. The number of thioether (sulfide) groups is 1. The number of amides is 2. The minimum Gasteiger partial charge on any atom is -0.325 e. The Hall–Kier alpha value is -2.86. The van der Waals surface area contributed by atoms with E-state index in [1.807, 2.05) is 13.8 Å². The molecule has 0 atom stereocenters. The average molecular weight is 419 g/mol. The van der Waals surface area contributed by atoms with Crippen LogP contribution in [0.2, 0.25) is 0 Å². The summed E-state index contributed by atoms with van der Waals surface area (Å²) in [4.78, 5) is 24.3. The van der Waals surface area contributed by atoms with Gasteiger partial charge in [-0.1, -0.05) is 36.9 Å². The first kappa shape index (κ1) is 19.9. The van der Waals surface area contributed by atoms with Crippen molar-refractivity contribution in [3.8, 4) is 0 Å². The Labute approximate surface area is 169 Å². The van der Waals surface area contributed by atoms with Crippen LogP contribution in [0.15, 0.2) is 29.4 Å². The van der Waals surface area contributed by atoms with Crippen LogP contribution < -0.4 is 10.6 Å². The van der Waals surface area contributed by atoms with Gasteiger partial charge in [-0.15, -0.1) is 15.3 Å². The zero-order valence-electron chi connectivity index (χ0n) is 15.4. The van der Waals surface area contributed by atoms with Crippen molar-refractivity contribution in [3.63, 3.8) is 0 Å². The zero-order chi connectivity index (χ0) is 20.1. The second-order valence-electron chi connectivity index (χ2n) is 6.05. The third-order valence-corrected chi connectivity index (χ3v) is 5.65. The van der Waals surface area contributed by atoms with Gasteiger partial charge >= 0.3 is 0 Å². The average Bonchev–Trinajstić information content (AvgIpc) is 3.29. The summed E-state index contributed by atoms with van der Waals surface area (Å²) >= 11 is 2.58. The molecule has 0 saturated carbocycles. The second kappa shape index (κ2) is 8.89. The van der Waals surface area contributed by atoms with E-state index in [0.717, 1.165) is 5.01 Å². The first-order valence-corrected chi connectivity index (χ1v) is 10.1. The summed E-state index contributed by atoms with van der Waals surface area (Å²) in [5.41, 5.74) is 1.05. The summed E-state index contributed by atoms with van der Waals surface area (Å²) in [6, 6.07) is 6.60. The predicted molar refractivity (Wildman–Crippen MR) is 107 cm³/mol. The predicted octanol–water partition coefficient (Wildman–Crippen LogP) is 2.17. The molecule has 3 rings (SSSR count). The van der Waals surface area contributed by atoms with Gasteiger partial charge in [-0.3, -0.25) is 14.9 Å². The maximum Gasteiger partial charge on any atom is 0.257 e. The maximum absolute atomic E-state index is 12.3. The maximum atomic E-state index is 12.3. The van der Waals surface area contributed by atoms with E-state index in [0.29, 0.717) is 21.5 Å². The van der Waals surface area contributed by atoms with E-state index in [4.69, 9.17) is 0 Å². The Morgan fingerprint density at radius 1 is 1.14 bits per heavy atom. The summed E-state index contributed by atoms with van der Waals surface area (Å²) in [7, 11) is 1.70. The van der Waals surface area contributed by atoms with E-state index in [-0.39, 0.29) is 23.5 Å². The molecule has 2 N–H and O–H groups in total. The van der Waals surface area contributed by atoms with Crippen molar-refractivity contribution >= 4 is 45.7 Å². The van der Waals surface area contributed by atoms with Gasteiger partial charge in [0.1, 0.15) is 5.01 Å². The van der Waals surface area contributed by atoms with Crippen LogP contribution in [0.1, 0.15) is 35.1 Å². The number of nitrogens with zero attached hydrogens (tertiary/aromatic N) is 6. The third-order valence-electron chi connectivity index (χ3n) is 3.50. The fourth-order valence-electron chi connectivity index (χ4n) is 2.06.